The Labute approximate surface area is 107 Å². The first-order valence-corrected chi connectivity index (χ1v) is 7.29. The molecule has 1 heterocycles. The first kappa shape index (κ1) is 14.9. The summed E-state index contributed by atoms with van der Waals surface area (Å²) in [6.45, 7) is 10.7. The van der Waals surface area contributed by atoms with Gasteiger partial charge in [-0.15, -0.1) is 0 Å². The van der Waals surface area contributed by atoms with Gasteiger partial charge in [0.1, 0.15) is 0 Å². The van der Waals surface area contributed by atoms with Crippen LogP contribution in [0.4, 0.5) is 0 Å². The number of hydrogen-bond donors (Lipinski definition) is 1. The van der Waals surface area contributed by atoms with Gasteiger partial charge in [0.2, 0.25) is 0 Å². The van der Waals surface area contributed by atoms with Gasteiger partial charge in [0.15, 0.2) is 0 Å². The largest absolute Gasteiger partial charge is 0.378 e. The van der Waals surface area contributed by atoms with E-state index in [-0.39, 0.29) is 5.54 Å². The lowest BCUT2D eigenvalue weighted by Gasteiger charge is -2.42. The molecule has 0 aliphatic carbocycles. The third kappa shape index (κ3) is 3.67. The Morgan fingerprint density at radius 3 is 2.41 bits per heavy atom. The predicted molar refractivity (Wildman–Crippen MR) is 73.2 cm³/mol. The lowest BCUT2D eigenvalue weighted by molar-refractivity contribution is 0.0530. The van der Waals surface area contributed by atoms with Gasteiger partial charge in [-0.2, -0.15) is 0 Å². The van der Waals surface area contributed by atoms with Gasteiger partial charge in [-0.05, 0) is 38.6 Å². The normalized spacial score (nSPS) is 21.4. The van der Waals surface area contributed by atoms with Crippen molar-refractivity contribution in [2.24, 2.45) is 5.73 Å². The van der Waals surface area contributed by atoms with Gasteiger partial charge >= 0.3 is 0 Å². The Kier molecular flexibility index (Phi) is 6.45. The van der Waals surface area contributed by atoms with Crippen molar-refractivity contribution in [3.05, 3.63) is 0 Å². The van der Waals surface area contributed by atoms with Crippen LogP contribution in [-0.2, 0) is 4.74 Å². The average Bonchev–Trinajstić information content (AvgIpc) is 2.88. The molecule has 3 heteroatoms. The van der Waals surface area contributed by atoms with Crippen LogP contribution in [0.2, 0.25) is 0 Å². The smallest absolute Gasteiger partial charge is 0.0588 e. The molecule has 1 aliphatic heterocycles. The monoisotopic (exact) mass is 242 g/mol. The number of nitrogens with two attached hydrogens (primary N) is 1. The molecular formula is C14H30N2O. The molecule has 1 unspecified atom stereocenters. The molecule has 1 rings (SSSR count). The Bertz CT molecular complexity index is 190. The first-order valence-electron chi connectivity index (χ1n) is 7.29. The third-order valence-corrected chi connectivity index (χ3v) is 4.49. The van der Waals surface area contributed by atoms with Crippen LogP contribution in [0, 0.1) is 0 Å². The minimum absolute atomic E-state index is 0.202. The van der Waals surface area contributed by atoms with Gasteiger partial charge in [-0.3, -0.25) is 4.90 Å². The molecule has 0 saturated carbocycles. The summed E-state index contributed by atoms with van der Waals surface area (Å²) in [6, 6.07) is 0. The van der Waals surface area contributed by atoms with Crippen LogP contribution in [0.25, 0.3) is 0 Å². The Morgan fingerprint density at radius 2 is 2.00 bits per heavy atom. The maximum atomic E-state index is 6.02. The van der Waals surface area contributed by atoms with Crippen molar-refractivity contribution in [2.45, 2.75) is 64.5 Å². The van der Waals surface area contributed by atoms with E-state index in [2.05, 4.69) is 25.7 Å². The molecule has 1 aliphatic rings. The van der Waals surface area contributed by atoms with Crippen molar-refractivity contribution in [3.63, 3.8) is 0 Å². The molecule has 1 atom stereocenters. The summed E-state index contributed by atoms with van der Waals surface area (Å²) >= 11 is 0. The molecule has 102 valence electrons. The summed E-state index contributed by atoms with van der Waals surface area (Å²) in [4.78, 5) is 2.56. The zero-order chi connectivity index (χ0) is 12.7. The fourth-order valence-electron chi connectivity index (χ4n) is 3.02. The molecule has 0 aromatic carbocycles. The average molecular weight is 242 g/mol. The summed E-state index contributed by atoms with van der Waals surface area (Å²) in [6.07, 6.45) is 6.41. The van der Waals surface area contributed by atoms with E-state index in [9.17, 15) is 0 Å². The molecule has 0 amide bonds. The quantitative estimate of drug-likeness (QED) is 0.710. The van der Waals surface area contributed by atoms with Crippen LogP contribution in [0.3, 0.4) is 0 Å². The van der Waals surface area contributed by atoms with Crippen molar-refractivity contribution >= 4 is 0 Å². The van der Waals surface area contributed by atoms with Crippen molar-refractivity contribution in [3.8, 4) is 0 Å². The molecule has 2 N–H and O–H groups in total. The highest BCUT2D eigenvalue weighted by Gasteiger charge is 2.31. The van der Waals surface area contributed by atoms with Crippen LogP contribution in [0.5, 0.6) is 0 Å². The molecule has 0 bridgehead atoms. The second kappa shape index (κ2) is 7.34. The fourth-order valence-corrected chi connectivity index (χ4v) is 3.02. The molecule has 17 heavy (non-hydrogen) atoms. The highest BCUT2D eigenvalue weighted by atomic mass is 16.5. The van der Waals surface area contributed by atoms with Gasteiger partial charge in [0.25, 0.3) is 0 Å². The van der Waals surface area contributed by atoms with Gasteiger partial charge < -0.3 is 10.5 Å². The number of rotatable bonds is 8. The zero-order valence-electron chi connectivity index (χ0n) is 11.9. The summed E-state index contributed by atoms with van der Waals surface area (Å²) in [5, 5.41) is 0. The molecular weight excluding hydrogens is 212 g/mol. The summed E-state index contributed by atoms with van der Waals surface area (Å²) < 4.78 is 5.70. The van der Waals surface area contributed by atoms with Crippen LogP contribution in [0.15, 0.2) is 0 Å². The van der Waals surface area contributed by atoms with Crippen molar-refractivity contribution in [1.82, 2.24) is 4.90 Å². The Morgan fingerprint density at radius 1 is 1.29 bits per heavy atom. The van der Waals surface area contributed by atoms with Gasteiger partial charge in [-0.1, -0.05) is 20.8 Å². The predicted octanol–water partition coefficient (Wildman–Crippen LogP) is 2.39. The van der Waals surface area contributed by atoms with E-state index in [4.69, 9.17) is 10.5 Å². The van der Waals surface area contributed by atoms with E-state index < -0.39 is 0 Å². The number of likely N-dealkylation sites (N-methyl/N-ethyl adjacent to an activating group) is 1. The topological polar surface area (TPSA) is 38.5 Å². The van der Waals surface area contributed by atoms with E-state index in [1.807, 2.05) is 0 Å². The molecule has 1 fully saturated rings. The Hall–Kier alpha value is -0.120. The van der Waals surface area contributed by atoms with Crippen molar-refractivity contribution in [2.75, 3.05) is 26.2 Å². The highest BCUT2D eigenvalue weighted by Crippen LogP contribution is 2.24. The highest BCUT2D eigenvalue weighted by molar-refractivity contribution is 4.89. The van der Waals surface area contributed by atoms with E-state index in [1.165, 1.54) is 12.8 Å². The maximum absolute atomic E-state index is 6.02. The number of nitrogens with zero attached hydrogens (tertiary/aromatic N) is 1. The second-order valence-corrected chi connectivity index (χ2v) is 5.14. The second-order valence-electron chi connectivity index (χ2n) is 5.14. The summed E-state index contributed by atoms with van der Waals surface area (Å²) in [5.74, 6) is 0. The number of hydrogen-bond acceptors (Lipinski definition) is 3. The lowest BCUT2D eigenvalue weighted by atomic mass is 9.90. The van der Waals surface area contributed by atoms with Crippen LogP contribution in [0.1, 0.15) is 52.9 Å². The fraction of sp³-hybridized carbons (Fsp3) is 1.00. The van der Waals surface area contributed by atoms with E-state index >= 15 is 0 Å². The SMILES string of the molecule is CCN(CCC1CCCO1)C(CC)(CC)CN. The molecule has 0 aromatic rings. The van der Waals surface area contributed by atoms with Crippen LogP contribution < -0.4 is 5.73 Å². The standard InChI is InChI=1S/C14H30N2O/c1-4-14(5-2,12-15)16(6-3)10-9-13-8-7-11-17-13/h13H,4-12,15H2,1-3H3. The lowest BCUT2D eigenvalue weighted by Crippen LogP contribution is -2.53. The summed E-state index contributed by atoms with van der Waals surface area (Å²) in [5.41, 5.74) is 6.22. The first-order chi connectivity index (χ1) is 8.22. The zero-order valence-corrected chi connectivity index (χ0v) is 11.9. The van der Waals surface area contributed by atoms with E-state index in [1.54, 1.807) is 0 Å². The minimum atomic E-state index is 0.202. The number of ether oxygens (including phenoxy) is 1. The van der Waals surface area contributed by atoms with Gasteiger partial charge in [-0.25, -0.2) is 0 Å². The van der Waals surface area contributed by atoms with Crippen LogP contribution in [-0.4, -0.2) is 42.8 Å². The van der Waals surface area contributed by atoms with Crippen molar-refractivity contribution in [1.29, 1.82) is 0 Å². The molecule has 3 nitrogen and oxygen atoms in total. The Balaban J connectivity index is 2.49. The molecule has 0 aromatic heterocycles. The molecule has 0 radical (unpaired) electrons. The summed E-state index contributed by atoms with van der Waals surface area (Å²) in [7, 11) is 0. The van der Waals surface area contributed by atoms with Gasteiger partial charge in [0, 0.05) is 25.2 Å². The third-order valence-electron chi connectivity index (χ3n) is 4.49. The van der Waals surface area contributed by atoms with Gasteiger partial charge in [0.05, 0.1) is 6.10 Å². The van der Waals surface area contributed by atoms with Crippen LogP contribution >= 0.6 is 0 Å². The van der Waals surface area contributed by atoms with E-state index in [0.29, 0.717) is 6.10 Å². The maximum Gasteiger partial charge on any atom is 0.0588 e. The minimum Gasteiger partial charge on any atom is -0.378 e. The van der Waals surface area contributed by atoms with Crippen molar-refractivity contribution < 1.29 is 4.74 Å². The molecule has 1 saturated heterocycles. The molecule has 0 spiro atoms. The van der Waals surface area contributed by atoms with E-state index in [0.717, 1.165) is 45.5 Å².